The number of benzene rings is 1. The second kappa shape index (κ2) is 5.52. The predicted molar refractivity (Wildman–Crippen MR) is 78.1 cm³/mol. The van der Waals surface area contributed by atoms with Crippen LogP contribution >= 0.6 is 11.8 Å². The van der Waals surface area contributed by atoms with E-state index in [1.165, 1.54) is 0 Å². The molecule has 4 N–H and O–H groups in total. The van der Waals surface area contributed by atoms with Crippen molar-refractivity contribution in [2.24, 2.45) is 5.73 Å². The van der Waals surface area contributed by atoms with Crippen LogP contribution in [0, 0.1) is 0 Å². The molecule has 1 amide bonds. The Morgan fingerprint density at radius 3 is 2.61 bits per heavy atom. The number of piperidine rings is 1. The Kier molecular flexibility index (Phi) is 4.01. The number of primary amides is 1. The zero-order chi connectivity index (χ0) is 13.1. The Morgan fingerprint density at radius 1 is 1.39 bits per heavy atom. The maximum atomic E-state index is 11.4. The molecule has 5 heteroatoms. The van der Waals surface area contributed by atoms with E-state index in [0.29, 0.717) is 11.3 Å². The van der Waals surface area contributed by atoms with Crippen LogP contribution in [0.2, 0.25) is 0 Å². The van der Waals surface area contributed by atoms with E-state index in [2.05, 4.69) is 11.2 Å². The highest BCUT2D eigenvalue weighted by molar-refractivity contribution is 7.99. The summed E-state index contributed by atoms with van der Waals surface area (Å²) in [6.07, 6.45) is 4.41. The lowest BCUT2D eigenvalue weighted by molar-refractivity contribution is 0.100. The number of thioether (sulfide) groups is 1. The SMILES string of the molecule is CSC1CCN(c2cc(N)ccc2C(N)=O)CC1. The fourth-order valence-electron chi connectivity index (χ4n) is 2.35. The van der Waals surface area contributed by atoms with E-state index in [1.54, 1.807) is 12.1 Å². The number of nitrogen functional groups attached to an aromatic ring is 1. The normalized spacial score (nSPS) is 16.8. The van der Waals surface area contributed by atoms with Crippen molar-refractivity contribution in [1.29, 1.82) is 0 Å². The number of amides is 1. The summed E-state index contributed by atoms with van der Waals surface area (Å²) in [5.74, 6) is -0.392. The van der Waals surface area contributed by atoms with Crippen LogP contribution < -0.4 is 16.4 Å². The quantitative estimate of drug-likeness (QED) is 0.816. The minimum Gasteiger partial charge on any atom is -0.399 e. The fourth-order valence-corrected chi connectivity index (χ4v) is 3.03. The molecule has 1 saturated heterocycles. The summed E-state index contributed by atoms with van der Waals surface area (Å²) in [5, 5.41) is 0.722. The molecule has 0 radical (unpaired) electrons. The molecule has 0 aliphatic carbocycles. The molecule has 1 aromatic rings. The van der Waals surface area contributed by atoms with Crippen LogP contribution in [0.1, 0.15) is 23.2 Å². The number of carbonyl (C=O) groups excluding carboxylic acids is 1. The predicted octanol–water partition coefficient (Wildman–Crippen LogP) is 1.70. The molecular formula is C13H19N3OS. The van der Waals surface area contributed by atoms with Crippen molar-refractivity contribution in [2.75, 3.05) is 30.0 Å². The van der Waals surface area contributed by atoms with Crippen LogP contribution in [0.5, 0.6) is 0 Å². The highest BCUT2D eigenvalue weighted by atomic mass is 32.2. The van der Waals surface area contributed by atoms with Crippen molar-refractivity contribution >= 4 is 29.0 Å². The third-order valence-corrected chi connectivity index (χ3v) is 4.54. The van der Waals surface area contributed by atoms with Crippen molar-refractivity contribution in [3.8, 4) is 0 Å². The first kappa shape index (κ1) is 13.1. The smallest absolute Gasteiger partial charge is 0.250 e. The fraction of sp³-hybridized carbons (Fsp3) is 0.462. The van der Waals surface area contributed by atoms with E-state index in [9.17, 15) is 4.79 Å². The number of hydrogen-bond donors (Lipinski definition) is 2. The van der Waals surface area contributed by atoms with Crippen molar-refractivity contribution in [2.45, 2.75) is 18.1 Å². The molecule has 2 rings (SSSR count). The van der Waals surface area contributed by atoms with Crippen LogP contribution in [0.25, 0.3) is 0 Å². The van der Waals surface area contributed by atoms with Crippen LogP contribution in [0.3, 0.4) is 0 Å². The summed E-state index contributed by atoms with van der Waals surface area (Å²) >= 11 is 1.91. The molecule has 0 bridgehead atoms. The first-order valence-electron chi connectivity index (χ1n) is 6.09. The van der Waals surface area contributed by atoms with Crippen molar-refractivity contribution < 1.29 is 4.79 Å². The average molecular weight is 265 g/mol. The Balaban J connectivity index is 2.22. The van der Waals surface area contributed by atoms with E-state index in [4.69, 9.17) is 11.5 Å². The van der Waals surface area contributed by atoms with Crippen LogP contribution in [-0.2, 0) is 0 Å². The second-order valence-electron chi connectivity index (χ2n) is 4.56. The highest BCUT2D eigenvalue weighted by Gasteiger charge is 2.21. The molecule has 0 spiro atoms. The molecule has 1 aromatic carbocycles. The molecule has 0 atom stereocenters. The zero-order valence-electron chi connectivity index (χ0n) is 10.6. The first-order chi connectivity index (χ1) is 8.61. The Labute approximate surface area is 112 Å². The van der Waals surface area contributed by atoms with Gasteiger partial charge in [0.05, 0.1) is 11.3 Å². The lowest BCUT2D eigenvalue weighted by Gasteiger charge is -2.33. The van der Waals surface area contributed by atoms with Gasteiger partial charge in [0.2, 0.25) is 0 Å². The van der Waals surface area contributed by atoms with E-state index >= 15 is 0 Å². The van der Waals surface area contributed by atoms with Gasteiger partial charge in [-0.3, -0.25) is 4.79 Å². The molecule has 18 heavy (non-hydrogen) atoms. The van der Waals surface area contributed by atoms with Gasteiger partial charge in [-0.05, 0) is 37.3 Å². The number of nitrogens with two attached hydrogens (primary N) is 2. The van der Waals surface area contributed by atoms with Gasteiger partial charge in [-0.15, -0.1) is 0 Å². The van der Waals surface area contributed by atoms with Crippen molar-refractivity contribution in [3.63, 3.8) is 0 Å². The van der Waals surface area contributed by atoms with E-state index in [1.807, 2.05) is 17.8 Å². The maximum absolute atomic E-state index is 11.4. The summed E-state index contributed by atoms with van der Waals surface area (Å²) in [5.41, 5.74) is 13.3. The molecule has 0 unspecified atom stereocenters. The van der Waals surface area contributed by atoms with Gasteiger partial charge in [0.25, 0.3) is 5.91 Å². The highest BCUT2D eigenvalue weighted by Crippen LogP contribution is 2.29. The Hall–Kier alpha value is -1.36. The molecule has 1 fully saturated rings. The van der Waals surface area contributed by atoms with Gasteiger partial charge in [0.15, 0.2) is 0 Å². The van der Waals surface area contributed by atoms with E-state index in [-0.39, 0.29) is 0 Å². The minimum atomic E-state index is -0.392. The largest absolute Gasteiger partial charge is 0.399 e. The summed E-state index contributed by atoms with van der Waals surface area (Å²) in [6, 6.07) is 5.28. The first-order valence-corrected chi connectivity index (χ1v) is 7.37. The van der Waals surface area contributed by atoms with Crippen LogP contribution in [0.4, 0.5) is 11.4 Å². The standard InChI is InChI=1S/C13H19N3OS/c1-18-10-4-6-16(7-5-10)12-8-9(14)2-3-11(12)13(15)17/h2-3,8,10H,4-7,14H2,1H3,(H2,15,17). The minimum absolute atomic E-state index is 0.392. The summed E-state index contributed by atoms with van der Waals surface area (Å²) in [4.78, 5) is 13.7. The monoisotopic (exact) mass is 265 g/mol. The van der Waals surface area contributed by atoms with Gasteiger partial charge >= 0.3 is 0 Å². The van der Waals surface area contributed by atoms with Gasteiger partial charge in [0, 0.05) is 24.0 Å². The lowest BCUT2D eigenvalue weighted by Crippen LogP contribution is -2.36. The Morgan fingerprint density at radius 2 is 2.06 bits per heavy atom. The molecular weight excluding hydrogens is 246 g/mol. The van der Waals surface area contributed by atoms with Crippen molar-refractivity contribution in [1.82, 2.24) is 0 Å². The maximum Gasteiger partial charge on any atom is 0.250 e. The summed E-state index contributed by atoms with van der Waals surface area (Å²) < 4.78 is 0. The molecule has 1 aliphatic heterocycles. The topological polar surface area (TPSA) is 72.3 Å². The van der Waals surface area contributed by atoms with Gasteiger partial charge in [-0.1, -0.05) is 0 Å². The summed E-state index contributed by atoms with van der Waals surface area (Å²) in [6.45, 7) is 1.91. The zero-order valence-corrected chi connectivity index (χ0v) is 11.4. The number of nitrogens with zero attached hydrogens (tertiary/aromatic N) is 1. The van der Waals surface area contributed by atoms with Gasteiger partial charge in [-0.25, -0.2) is 0 Å². The second-order valence-corrected chi connectivity index (χ2v) is 5.70. The lowest BCUT2D eigenvalue weighted by atomic mass is 10.1. The van der Waals surface area contributed by atoms with Crippen molar-refractivity contribution in [3.05, 3.63) is 23.8 Å². The number of anilines is 2. The third kappa shape index (κ3) is 2.72. The number of carbonyl (C=O) groups is 1. The van der Waals surface area contributed by atoms with Gasteiger partial charge in [0.1, 0.15) is 0 Å². The van der Waals surface area contributed by atoms with Gasteiger partial charge < -0.3 is 16.4 Å². The Bertz CT molecular complexity index is 442. The number of hydrogen-bond acceptors (Lipinski definition) is 4. The van der Waals surface area contributed by atoms with E-state index < -0.39 is 5.91 Å². The molecule has 1 heterocycles. The van der Waals surface area contributed by atoms with Crippen LogP contribution in [0.15, 0.2) is 18.2 Å². The average Bonchev–Trinajstić information content (AvgIpc) is 2.38. The van der Waals surface area contributed by atoms with E-state index in [0.717, 1.165) is 36.9 Å². The molecule has 4 nitrogen and oxygen atoms in total. The van der Waals surface area contributed by atoms with Gasteiger partial charge in [-0.2, -0.15) is 11.8 Å². The number of rotatable bonds is 3. The third-order valence-electron chi connectivity index (χ3n) is 3.40. The molecule has 0 saturated carbocycles. The summed E-state index contributed by atoms with van der Waals surface area (Å²) in [7, 11) is 0. The molecule has 1 aliphatic rings. The molecule has 98 valence electrons. The molecule has 0 aromatic heterocycles. The van der Waals surface area contributed by atoms with Crippen LogP contribution in [-0.4, -0.2) is 30.5 Å².